The summed E-state index contributed by atoms with van der Waals surface area (Å²) in [5.74, 6) is 0.829. The summed E-state index contributed by atoms with van der Waals surface area (Å²) in [7, 11) is 0. The largest absolute Gasteiger partial charge is 0.493 e. The van der Waals surface area contributed by atoms with Gasteiger partial charge in [0.2, 0.25) is 5.91 Å². The Bertz CT molecular complexity index is 585. The van der Waals surface area contributed by atoms with Gasteiger partial charge in [-0.15, -0.1) is 0 Å². The molecule has 0 unspecified atom stereocenters. The van der Waals surface area contributed by atoms with E-state index in [0.29, 0.717) is 45.4 Å². The molecule has 0 saturated carbocycles. The van der Waals surface area contributed by atoms with Crippen molar-refractivity contribution in [2.75, 3.05) is 24.7 Å². The summed E-state index contributed by atoms with van der Waals surface area (Å²) in [6, 6.07) is 5.82. The second-order valence-electron chi connectivity index (χ2n) is 6.27. The van der Waals surface area contributed by atoms with E-state index in [-0.39, 0.29) is 11.9 Å². The lowest BCUT2D eigenvalue weighted by Gasteiger charge is -2.29. The van der Waals surface area contributed by atoms with E-state index in [0.717, 1.165) is 36.3 Å². The Hall–Kier alpha value is -2.04. The van der Waals surface area contributed by atoms with E-state index in [9.17, 15) is 9.59 Å². The maximum Gasteiger partial charge on any atom is 0.305 e. The van der Waals surface area contributed by atoms with Crippen molar-refractivity contribution >= 4 is 17.6 Å². The average molecular weight is 347 g/mol. The Morgan fingerprint density at radius 1 is 1.12 bits per heavy atom. The summed E-state index contributed by atoms with van der Waals surface area (Å²) in [5.41, 5.74) is 2.04. The first-order valence-corrected chi connectivity index (χ1v) is 9.38. The minimum absolute atomic E-state index is 0.155. The molecule has 0 bridgehead atoms. The SMILES string of the molecule is CCCCCOC(=O)CCCOc1cccc2c1CCC(=O)N2CC. The van der Waals surface area contributed by atoms with Crippen LogP contribution in [0, 0.1) is 0 Å². The molecule has 5 nitrogen and oxygen atoms in total. The lowest BCUT2D eigenvalue weighted by atomic mass is 10.00. The van der Waals surface area contributed by atoms with Crippen molar-refractivity contribution in [2.24, 2.45) is 0 Å². The molecule has 138 valence electrons. The summed E-state index contributed by atoms with van der Waals surface area (Å²) in [6.07, 6.45) is 5.38. The van der Waals surface area contributed by atoms with E-state index in [4.69, 9.17) is 9.47 Å². The Balaban J connectivity index is 1.79. The van der Waals surface area contributed by atoms with E-state index < -0.39 is 0 Å². The minimum atomic E-state index is -0.155. The molecule has 1 amide bonds. The van der Waals surface area contributed by atoms with E-state index >= 15 is 0 Å². The zero-order valence-electron chi connectivity index (χ0n) is 15.4. The summed E-state index contributed by atoms with van der Waals surface area (Å²) in [6.45, 7) is 5.75. The highest BCUT2D eigenvalue weighted by atomic mass is 16.5. The van der Waals surface area contributed by atoms with Gasteiger partial charge in [0, 0.05) is 24.9 Å². The minimum Gasteiger partial charge on any atom is -0.493 e. The smallest absolute Gasteiger partial charge is 0.305 e. The lowest BCUT2D eigenvalue weighted by molar-refractivity contribution is -0.144. The predicted molar refractivity (Wildman–Crippen MR) is 98.0 cm³/mol. The first kappa shape index (κ1) is 19.3. The van der Waals surface area contributed by atoms with Crippen molar-refractivity contribution in [3.63, 3.8) is 0 Å². The van der Waals surface area contributed by atoms with Crippen LogP contribution in [0.1, 0.15) is 57.9 Å². The zero-order chi connectivity index (χ0) is 18.1. The lowest BCUT2D eigenvalue weighted by Crippen LogP contribution is -2.34. The van der Waals surface area contributed by atoms with Crippen LogP contribution in [0.4, 0.5) is 5.69 Å². The Morgan fingerprint density at radius 3 is 2.72 bits per heavy atom. The van der Waals surface area contributed by atoms with Crippen molar-refractivity contribution in [1.29, 1.82) is 0 Å². The van der Waals surface area contributed by atoms with Gasteiger partial charge in [-0.25, -0.2) is 0 Å². The molecule has 1 heterocycles. The molecule has 25 heavy (non-hydrogen) atoms. The maximum atomic E-state index is 12.0. The van der Waals surface area contributed by atoms with Gasteiger partial charge in [-0.05, 0) is 38.3 Å². The zero-order valence-corrected chi connectivity index (χ0v) is 15.4. The van der Waals surface area contributed by atoms with Crippen LogP contribution in [-0.4, -0.2) is 31.6 Å². The van der Waals surface area contributed by atoms with Crippen LogP contribution in [0.2, 0.25) is 0 Å². The molecule has 1 aliphatic rings. The molecule has 2 rings (SSSR count). The third-order valence-electron chi connectivity index (χ3n) is 4.40. The molecule has 1 aliphatic heterocycles. The van der Waals surface area contributed by atoms with Crippen molar-refractivity contribution < 1.29 is 19.1 Å². The summed E-state index contributed by atoms with van der Waals surface area (Å²) in [4.78, 5) is 25.4. The van der Waals surface area contributed by atoms with Crippen molar-refractivity contribution in [1.82, 2.24) is 0 Å². The number of nitrogens with zero attached hydrogens (tertiary/aromatic N) is 1. The molecular formula is C20H29NO4. The van der Waals surface area contributed by atoms with E-state index in [1.165, 1.54) is 0 Å². The first-order valence-electron chi connectivity index (χ1n) is 9.38. The van der Waals surface area contributed by atoms with Gasteiger partial charge in [-0.3, -0.25) is 9.59 Å². The van der Waals surface area contributed by atoms with E-state index in [1.807, 2.05) is 25.1 Å². The van der Waals surface area contributed by atoms with E-state index in [2.05, 4.69) is 6.92 Å². The molecule has 0 radical (unpaired) electrons. The second-order valence-corrected chi connectivity index (χ2v) is 6.27. The monoisotopic (exact) mass is 347 g/mol. The fraction of sp³-hybridized carbons (Fsp3) is 0.600. The van der Waals surface area contributed by atoms with Gasteiger partial charge in [0.1, 0.15) is 5.75 Å². The third-order valence-corrected chi connectivity index (χ3v) is 4.40. The quantitative estimate of drug-likeness (QED) is 0.476. The third kappa shape index (κ3) is 5.48. The van der Waals surface area contributed by atoms with Crippen molar-refractivity contribution in [3.8, 4) is 5.75 Å². The van der Waals surface area contributed by atoms with Crippen LogP contribution in [0.3, 0.4) is 0 Å². The van der Waals surface area contributed by atoms with Crippen LogP contribution in [-0.2, 0) is 20.7 Å². The Kier molecular flexibility index (Phi) is 7.76. The summed E-state index contributed by atoms with van der Waals surface area (Å²) >= 11 is 0. The van der Waals surface area contributed by atoms with Gasteiger partial charge < -0.3 is 14.4 Å². The molecule has 0 aliphatic carbocycles. The van der Waals surface area contributed by atoms with Gasteiger partial charge in [-0.2, -0.15) is 0 Å². The standard InChI is InChI=1S/C20H29NO4/c1-3-5-6-14-25-20(23)11-8-15-24-18-10-7-9-17-16(18)12-13-19(22)21(17)4-2/h7,9-10H,3-6,8,11-15H2,1-2H3. The number of anilines is 1. The number of rotatable bonds is 10. The fourth-order valence-corrected chi connectivity index (χ4v) is 3.05. The van der Waals surface area contributed by atoms with Gasteiger partial charge >= 0.3 is 5.97 Å². The molecule has 0 spiro atoms. The van der Waals surface area contributed by atoms with Crippen LogP contribution in [0.5, 0.6) is 5.75 Å². The fourth-order valence-electron chi connectivity index (χ4n) is 3.05. The Labute approximate surface area is 150 Å². The number of benzene rings is 1. The molecule has 0 aromatic heterocycles. The number of hydrogen-bond acceptors (Lipinski definition) is 4. The van der Waals surface area contributed by atoms with Gasteiger partial charge in [-0.1, -0.05) is 25.8 Å². The predicted octanol–water partition coefficient (Wildman–Crippen LogP) is 3.88. The van der Waals surface area contributed by atoms with Crippen LogP contribution in [0.25, 0.3) is 0 Å². The molecule has 0 fully saturated rings. The summed E-state index contributed by atoms with van der Waals surface area (Å²) < 4.78 is 11.1. The van der Waals surface area contributed by atoms with Gasteiger partial charge in [0.25, 0.3) is 0 Å². The number of carbonyl (C=O) groups is 2. The molecular weight excluding hydrogens is 318 g/mol. The van der Waals surface area contributed by atoms with Gasteiger partial charge in [0.05, 0.1) is 18.9 Å². The number of ether oxygens (including phenoxy) is 2. The first-order chi connectivity index (χ1) is 12.2. The number of amides is 1. The van der Waals surface area contributed by atoms with Crippen LogP contribution >= 0.6 is 0 Å². The topological polar surface area (TPSA) is 55.8 Å². The molecule has 5 heteroatoms. The van der Waals surface area contributed by atoms with Crippen molar-refractivity contribution in [2.45, 2.75) is 58.8 Å². The number of fused-ring (bicyclic) bond motifs is 1. The molecule has 0 saturated heterocycles. The Morgan fingerprint density at radius 2 is 1.96 bits per heavy atom. The highest BCUT2D eigenvalue weighted by molar-refractivity contribution is 5.96. The molecule has 0 atom stereocenters. The van der Waals surface area contributed by atoms with Gasteiger partial charge in [0.15, 0.2) is 0 Å². The number of unbranched alkanes of at least 4 members (excludes halogenated alkanes) is 2. The highest BCUT2D eigenvalue weighted by Gasteiger charge is 2.25. The molecule has 1 aromatic carbocycles. The number of carbonyl (C=O) groups excluding carboxylic acids is 2. The second kappa shape index (κ2) is 10.1. The normalized spacial score (nSPS) is 13.5. The van der Waals surface area contributed by atoms with Crippen LogP contribution < -0.4 is 9.64 Å². The van der Waals surface area contributed by atoms with Crippen molar-refractivity contribution in [3.05, 3.63) is 23.8 Å². The molecule has 0 N–H and O–H groups in total. The number of esters is 1. The maximum absolute atomic E-state index is 12.0. The average Bonchev–Trinajstić information content (AvgIpc) is 2.62. The highest BCUT2D eigenvalue weighted by Crippen LogP contribution is 2.34. The molecule has 1 aromatic rings. The van der Waals surface area contributed by atoms with Crippen LogP contribution in [0.15, 0.2) is 18.2 Å². The summed E-state index contributed by atoms with van der Waals surface area (Å²) in [5, 5.41) is 0. The van der Waals surface area contributed by atoms with E-state index in [1.54, 1.807) is 4.90 Å². The number of hydrogen-bond donors (Lipinski definition) is 0.